The number of hydrogen-bond acceptors (Lipinski definition) is 5. The van der Waals surface area contributed by atoms with Gasteiger partial charge in [0.1, 0.15) is 5.75 Å². The molecule has 7 nitrogen and oxygen atoms in total. The van der Waals surface area contributed by atoms with Gasteiger partial charge in [0.15, 0.2) is 17.6 Å². The molecule has 0 saturated carbocycles. The maximum absolute atomic E-state index is 12.9. The maximum atomic E-state index is 12.9. The van der Waals surface area contributed by atoms with Crippen LogP contribution in [-0.2, 0) is 10.2 Å². The van der Waals surface area contributed by atoms with E-state index in [4.69, 9.17) is 14.2 Å². The molecule has 3 rings (SSSR count). The van der Waals surface area contributed by atoms with Crippen LogP contribution < -0.4 is 14.2 Å². The molecule has 33 heavy (non-hydrogen) atoms. The van der Waals surface area contributed by atoms with Crippen LogP contribution in [0.4, 0.5) is 0 Å². The zero-order valence-corrected chi connectivity index (χ0v) is 20.4. The van der Waals surface area contributed by atoms with E-state index in [1.807, 2.05) is 24.3 Å². The average molecular weight is 455 g/mol. The van der Waals surface area contributed by atoms with Crippen LogP contribution in [0.25, 0.3) is 0 Å². The van der Waals surface area contributed by atoms with Gasteiger partial charge in [-0.1, -0.05) is 32.9 Å². The van der Waals surface area contributed by atoms with Gasteiger partial charge in [-0.3, -0.25) is 9.59 Å². The molecule has 1 unspecified atom stereocenters. The van der Waals surface area contributed by atoms with Gasteiger partial charge in [0, 0.05) is 31.7 Å². The number of nitrogens with zero attached hydrogens (tertiary/aromatic N) is 2. The molecule has 0 bridgehead atoms. The van der Waals surface area contributed by atoms with Gasteiger partial charge in [-0.15, -0.1) is 0 Å². The Morgan fingerprint density at radius 2 is 1.42 bits per heavy atom. The Labute approximate surface area is 196 Å². The Morgan fingerprint density at radius 3 is 1.97 bits per heavy atom. The van der Waals surface area contributed by atoms with Crippen LogP contribution in [0.3, 0.4) is 0 Å². The minimum Gasteiger partial charge on any atom is -0.493 e. The molecule has 0 N–H and O–H groups in total. The molecule has 1 aliphatic heterocycles. The fourth-order valence-corrected chi connectivity index (χ4v) is 3.83. The zero-order valence-electron chi connectivity index (χ0n) is 20.4. The summed E-state index contributed by atoms with van der Waals surface area (Å²) in [5.41, 5.74) is 1.81. The third kappa shape index (κ3) is 5.78. The van der Waals surface area contributed by atoms with Gasteiger partial charge in [0.2, 0.25) is 0 Å². The largest absolute Gasteiger partial charge is 0.493 e. The van der Waals surface area contributed by atoms with Crippen molar-refractivity contribution < 1.29 is 23.8 Å². The molecular formula is C26H34N2O5. The summed E-state index contributed by atoms with van der Waals surface area (Å²) in [6.07, 6.45) is -0.599. The van der Waals surface area contributed by atoms with Crippen molar-refractivity contribution in [2.24, 2.45) is 0 Å². The van der Waals surface area contributed by atoms with Gasteiger partial charge in [0.05, 0.1) is 14.2 Å². The molecule has 0 aromatic heterocycles. The molecule has 1 atom stereocenters. The summed E-state index contributed by atoms with van der Waals surface area (Å²) in [6.45, 7) is 10.1. The summed E-state index contributed by atoms with van der Waals surface area (Å²) in [6, 6.07) is 13.0. The molecule has 2 aromatic rings. The molecule has 1 heterocycles. The molecule has 1 saturated heterocycles. The number of benzene rings is 2. The van der Waals surface area contributed by atoms with Crippen molar-refractivity contribution in [3.05, 3.63) is 53.6 Å². The van der Waals surface area contributed by atoms with E-state index in [-0.39, 0.29) is 17.2 Å². The Balaban J connectivity index is 1.55. The Morgan fingerprint density at radius 1 is 0.848 bits per heavy atom. The number of carbonyl (C=O) groups is 2. The Hall–Kier alpha value is -3.22. The zero-order chi connectivity index (χ0) is 24.2. The van der Waals surface area contributed by atoms with E-state index in [0.717, 1.165) is 0 Å². The van der Waals surface area contributed by atoms with Crippen molar-refractivity contribution in [2.75, 3.05) is 40.4 Å². The van der Waals surface area contributed by atoms with E-state index in [1.54, 1.807) is 49.1 Å². The van der Waals surface area contributed by atoms with Crippen molar-refractivity contribution in [2.45, 2.75) is 39.2 Å². The molecule has 1 fully saturated rings. The number of piperazine rings is 1. The first kappa shape index (κ1) is 24.4. The van der Waals surface area contributed by atoms with Gasteiger partial charge < -0.3 is 24.0 Å². The van der Waals surface area contributed by atoms with E-state index in [9.17, 15) is 9.59 Å². The van der Waals surface area contributed by atoms with Crippen molar-refractivity contribution in [1.29, 1.82) is 0 Å². The lowest BCUT2D eigenvalue weighted by atomic mass is 9.87. The van der Waals surface area contributed by atoms with Crippen molar-refractivity contribution in [1.82, 2.24) is 9.80 Å². The highest BCUT2D eigenvalue weighted by molar-refractivity contribution is 5.95. The average Bonchev–Trinajstić information content (AvgIpc) is 2.82. The van der Waals surface area contributed by atoms with Crippen LogP contribution in [-0.4, -0.2) is 68.1 Å². The molecule has 2 amide bonds. The molecule has 0 radical (unpaired) electrons. The third-order valence-electron chi connectivity index (χ3n) is 5.89. The summed E-state index contributed by atoms with van der Waals surface area (Å²) in [5.74, 6) is 1.59. The van der Waals surface area contributed by atoms with Crippen LogP contribution in [0, 0.1) is 0 Å². The molecule has 7 heteroatoms. The standard InChI is InChI=1S/C26H34N2O5/c1-18(33-21-10-8-20(9-11-21)26(2,3)4)24(29)27-13-15-28(16-14-27)25(30)19-7-12-22(31-5)23(17-19)32-6/h7-12,17-18H,13-16H2,1-6H3. The highest BCUT2D eigenvalue weighted by atomic mass is 16.5. The highest BCUT2D eigenvalue weighted by Gasteiger charge is 2.28. The number of rotatable bonds is 6. The Kier molecular flexibility index (Phi) is 7.51. The number of methoxy groups -OCH3 is 2. The molecule has 2 aromatic carbocycles. The van der Waals surface area contributed by atoms with Crippen LogP contribution in [0.5, 0.6) is 17.2 Å². The van der Waals surface area contributed by atoms with E-state index >= 15 is 0 Å². The second-order valence-electron chi connectivity index (χ2n) is 9.22. The predicted octanol–water partition coefficient (Wildman–Crippen LogP) is 3.75. The van der Waals surface area contributed by atoms with Gasteiger partial charge >= 0.3 is 0 Å². The van der Waals surface area contributed by atoms with Crippen molar-refractivity contribution >= 4 is 11.8 Å². The lowest BCUT2D eigenvalue weighted by molar-refractivity contribution is -0.139. The summed E-state index contributed by atoms with van der Waals surface area (Å²) in [7, 11) is 3.10. The lowest BCUT2D eigenvalue weighted by Crippen LogP contribution is -2.53. The van der Waals surface area contributed by atoms with Gasteiger partial charge in [-0.25, -0.2) is 0 Å². The number of carbonyl (C=O) groups excluding carboxylic acids is 2. The molecular weight excluding hydrogens is 420 g/mol. The minimum absolute atomic E-state index is 0.0635. The first-order chi connectivity index (χ1) is 15.6. The summed E-state index contributed by atoms with van der Waals surface area (Å²) in [5, 5.41) is 0. The lowest BCUT2D eigenvalue weighted by Gasteiger charge is -2.36. The van der Waals surface area contributed by atoms with E-state index < -0.39 is 6.10 Å². The monoisotopic (exact) mass is 454 g/mol. The summed E-state index contributed by atoms with van der Waals surface area (Å²) < 4.78 is 16.4. The summed E-state index contributed by atoms with van der Waals surface area (Å²) >= 11 is 0. The molecule has 0 aliphatic carbocycles. The first-order valence-corrected chi connectivity index (χ1v) is 11.2. The predicted molar refractivity (Wildman–Crippen MR) is 127 cm³/mol. The fraction of sp³-hybridized carbons (Fsp3) is 0.462. The van der Waals surface area contributed by atoms with E-state index in [2.05, 4.69) is 20.8 Å². The second kappa shape index (κ2) is 10.1. The number of amides is 2. The first-order valence-electron chi connectivity index (χ1n) is 11.2. The topological polar surface area (TPSA) is 68.3 Å². The number of ether oxygens (including phenoxy) is 3. The minimum atomic E-state index is -0.599. The van der Waals surface area contributed by atoms with Gasteiger partial charge in [-0.2, -0.15) is 0 Å². The van der Waals surface area contributed by atoms with Crippen LogP contribution in [0.15, 0.2) is 42.5 Å². The quantitative estimate of drug-likeness (QED) is 0.665. The van der Waals surface area contributed by atoms with Gasteiger partial charge in [-0.05, 0) is 48.2 Å². The number of hydrogen-bond donors (Lipinski definition) is 0. The SMILES string of the molecule is COc1ccc(C(=O)N2CCN(C(=O)C(C)Oc3ccc(C(C)(C)C)cc3)CC2)cc1OC. The normalized spacial score (nSPS) is 15.1. The van der Waals surface area contributed by atoms with Crippen molar-refractivity contribution in [3.63, 3.8) is 0 Å². The summed E-state index contributed by atoms with van der Waals surface area (Å²) in [4.78, 5) is 29.3. The third-order valence-corrected chi connectivity index (χ3v) is 5.89. The Bertz CT molecular complexity index is 973. The van der Waals surface area contributed by atoms with Crippen molar-refractivity contribution in [3.8, 4) is 17.2 Å². The van der Waals surface area contributed by atoms with E-state index in [0.29, 0.717) is 49.0 Å². The molecule has 0 spiro atoms. The fourth-order valence-electron chi connectivity index (χ4n) is 3.83. The molecule has 178 valence electrons. The second-order valence-corrected chi connectivity index (χ2v) is 9.22. The maximum Gasteiger partial charge on any atom is 0.263 e. The van der Waals surface area contributed by atoms with Crippen LogP contribution >= 0.6 is 0 Å². The molecule has 1 aliphatic rings. The van der Waals surface area contributed by atoms with Gasteiger partial charge in [0.25, 0.3) is 11.8 Å². The van der Waals surface area contributed by atoms with Crippen LogP contribution in [0.2, 0.25) is 0 Å². The highest BCUT2D eigenvalue weighted by Crippen LogP contribution is 2.28. The van der Waals surface area contributed by atoms with Crippen LogP contribution in [0.1, 0.15) is 43.6 Å². The smallest absolute Gasteiger partial charge is 0.263 e. The van der Waals surface area contributed by atoms with E-state index in [1.165, 1.54) is 5.56 Å².